The van der Waals surface area contributed by atoms with Crippen LogP contribution in [0.4, 0.5) is 0 Å². The first-order valence-corrected chi connectivity index (χ1v) is 12.1. The number of phenolic OH excluding ortho intramolecular Hbond substituents is 1. The van der Waals surface area contributed by atoms with Crippen LogP contribution in [0.1, 0.15) is 30.1 Å². The predicted molar refractivity (Wildman–Crippen MR) is 117 cm³/mol. The largest absolute Gasteiger partial charge is 0.504 e. The second-order valence-electron chi connectivity index (χ2n) is 10.7. The van der Waals surface area contributed by atoms with E-state index in [1.165, 1.54) is 25.3 Å². The van der Waals surface area contributed by atoms with Crippen molar-refractivity contribution in [3.8, 4) is 11.5 Å². The average molecular weight is 526 g/mol. The third-order valence-electron chi connectivity index (χ3n) is 8.98. The number of hydrogen-bond acceptors (Lipinski definition) is 13. The molecule has 8 rings (SSSR count). The zero-order valence-electron chi connectivity index (χ0n) is 20.1. The summed E-state index contributed by atoms with van der Waals surface area (Å²) in [6.45, 7) is 0.819. The number of hydrogen-bond donors (Lipinski definition) is 6. The van der Waals surface area contributed by atoms with Crippen molar-refractivity contribution in [1.82, 2.24) is 0 Å². The Morgan fingerprint density at radius 1 is 1.16 bits per heavy atom. The van der Waals surface area contributed by atoms with Crippen LogP contribution in [0.15, 0.2) is 18.2 Å². The first-order valence-electron chi connectivity index (χ1n) is 12.1. The summed E-state index contributed by atoms with van der Waals surface area (Å²) in [7, 11) is 1.35. The third-order valence-corrected chi connectivity index (χ3v) is 8.98. The van der Waals surface area contributed by atoms with Crippen molar-refractivity contribution in [3.05, 3.63) is 23.8 Å². The molecule has 11 atom stereocenters. The van der Waals surface area contributed by atoms with Crippen LogP contribution < -0.4 is 4.74 Å². The molecule has 0 spiro atoms. The van der Waals surface area contributed by atoms with E-state index in [0.717, 1.165) is 0 Å². The Bertz CT molecular complexity index is 1110. The van der Waals surface area contributed by atoms with Crippen LogP contribution in [0.2, 0.25) is 0 Å². The normalized spacial score (nSPS) is 49.1. The van der Waals surface area contributed by atoms with Crippen LogP contribution in [0.3, 0.4) is 0 Å². The molecule has 7 aliphatic rings. The minimum atomic E-state index is -1.65. The number of rotatable bonds is 7. The van der Waals surface area contributed by atoms with Crippen molar-refractivity contribution in [2.45, 2.75) is 73.8 Å². The summed E-state index contributed by atoms with van der Waals surface area (Å²) in [4.78, 5) is 12.9. The fraction of sp³-hybridized carbons (Fsp3) is 0.708. The first-order chi connectivity index (χ1) is 17.4. The second kappa shape index (κ2) is 7.97. The molecule has 204 valence electrons. The standard InChI is InChI=1S/C24H30O13/c1-21-8-23(31)14-6-24(21,35-19-17(29)16(28)15(27)13(7-25)34-19)22(14,20(36-21)37-23)9-33-18(30)10-3-4-11(26)12(5-10)32-2/h3-5,13-17,19-20,25-29,31H,6-9H2,1-2H3. The Morgan fingerprint density at radius 2 is 1.92 bits per heavy atom. The van der Waals surface area contributed by atoms with Crippen LogP contribution in [0.25, 0.3) is 0 Å². The fourth-order valence-corrected chi connectivity index (χ4v) is 7.10. The van der Waals surface area contributed by atoms with E-state index in [1.54, 1.807) is 6.92 Å². The highest BCUT2D eigenvalue weighted by molar-refractivity contribution is 5.90. The second-order valence-corrected chi connectivity index (χ2v) is 10.7. The smallest absolute Gasteiger partial charge is 0.338 e. The van der Waals surface area contributed by atoms with Crippen LogP contribution >= 0.6 is 0 Å². The number of aliphatic hydroxyl groups is 5. The molecule has 3 saturated carbocycles. The monoisotopic (exact) mass is 526 g/mol. The SMILES string of the molecule is COc1cc(C(=O)OCC23C4OC5(O)CC(C)(O4)C2(OC2OC(CO)C(O)C(O)C2O)CC53)ccc1O. The minimum absolute atomic E-state index is 0.0451. The van der Waals surface area contributed by atoms with Crippen molar-refractivity contribution in [3.63, 3.8) is 0 Å². The number of aromatic hydroxyl groups is 1. The molecule has 4 aliphatic heterocycles. The molecule has 0 radical (unpaired) electrons. The van der Waals surface area contributed by atoms with E-state index < -0.39 is 77.9 Å². The van der Waals surface area contributed by atoms with Crippen molar-refractivity contribution < 1.29 is 63.9 Å². The average Bonchev–Trinajstić information content (AvgIpc) is 3.05. The number of phenols is 1. The van der Waals surface area contributed by atoms with Gasteiger partial charge in [0.1, 0.15) is 42.2 Å². The molecular formula is C24H30O13. The summed E-state index contributed by atoms with van der Waals surface area (Å²) >= 11 is 0. The van der Waals surface area contributed by atoms with Gasteiger partial charge in [-0.2, -0.15) is 0 Å². The van der Waals surface area contributed by atoms with E-state index in [2.05, 4.69) is 0 Å². The molecule has 4 heterocycles. The summed E-state index contributed by atoms with van der Waals surface area (Å²) in [6, 6.07) is 4.00. The highest BCUT2D eigenvalue weighted by atomic mass is 16.8. The number of methoxy groups -OCH3 is 1. The zero-order chi connectivity index (χ0) is 26.5. The van der Waals surface area contributed by atoms with Gasteiger partial charge in [0.15, 0.2) is 29.9 Å². The summed E-state index contributed by atoms with van der Waals surface area (Å²) in [6.07, 6.45) is -8.24. The summed E-state index contributed by atoms with van der Waals surface area (Å²) < 4.78 is 34.7. The van der Waals surface area contributed by atoms with Crippen LogP contribution in [0.5, 0.6) is 11.5 Å². The van der Waals surface area contributed by atoms with Gasteiger partial charge < -0.3 is 59.1 Å². The molecule has 6 N–H and O–H groups in total. The lowest BCUT2D eigenvalue weighted by Gasteiger charge is -2.67. The summed E-state index contributed by atoms with van der Waals surface area (Å²) in [5.41, 5.74) is -3.46. The van der Waals surface area contributed by atoms with Gasteiger partial charge in [0.05, 0.1) is 24.7 Å². The van der Waals surface area contributed by atoms with E-state index >= 15 is 0 Å². The molecule has 0 aromatic heterocycles. The molecule has 13 nitrogen and oxygen atoms in total. The van der Waals surface area contributed by atoms with Gasteiger partial charge in [-0.25, -0.2) is 4.79 Å². The molecule has 0 amide bonds. The lowest BCUT2D eigenvalue weighted by Crippen LogP contribution is -2.80. The van der Waals surface area contributed by atoms with Crippen LogP contribution in [0, 0.1) is 11.3 Å². The number of ether oxygens (including phenoxy) is 6. The van der Waals surface area contributed by atoms with Gasteiger partial charge in [-0.05, 0) is 31.5 Å². The first kappa shape index (κ1) is 25.2. The molecule has 13 heteroatoms. The molecular weight excluding hydrogens is 496 g/mol. The molecule has 11 unspecified atom stereocenters. The van der Waals surface area contributed by atoms with E-state index in [-0.39, 0.29) is 36.5 Å². The number of aliphatic hydroxyl groups excluding tert-OH is 4. The van der Waals surface area contributed by atoms with Crippen molar-refractivity contribution in [1.29, 1.82) is 0 Å². The molecule has 3 aliphatic carbocycles. The Labute approximate surface area is 211 Å². The Balaban J connectivity index is 1.30. The van der Waals surface area contributed by atoms with Crippen molar-refractivity contribution in [2.75, 3.05) is 20.3 Å². The highest BCUT2D eigenvalue weighted by Crippen LogP contribution is 2.81. The van der Waals surface area contributed by atoms with E-state index in [4.69, 9.17) is 28.4 Å². The zero-order valence-corrected chi connectivity index (χ0v) is 20.1. The van der Waals surface area contributed by atoms with Gasteiger partial charge in [-0.3, -0.25) is 0 Å². The Morgan fingerprint density at radius 3 is 2.62 bits per heavy atom. The molecule has 7 fully saturated rings. The van der Waals surface area contributed by atoms with E-state index in [9.17, 15) is 35.4 Å². The lowest BCUT2D eigenvalue weighted by molar-refractivity contribution is -0.424. The molecule has 1 aromatic carbocycles. The maximum absolute atomic E-state index is 12.9. The maximum Gasteiger partial charge on any atom is 0.338 e. The quantitative estimate of drug-likeness (QED) is 0.222. The molecule has 4 saturated heterocycles. The van der Waals surface area contributed by atoms with Crippen LogP contribution in [-0.4, -0.2) is 111 Å². The molecule has 6 bridgehead atoms. The van der Waals surface area contributed by atoms with Crippen molar-refractivity contribution >= 4 is 5.97 Å². The number of benzene rings is 1. The van der Waals surface area contributed by atoms with Crippen molar-refractivity contribution in [2.24, 2.45) is 11.3 Å². The summed E-state index contributed by atoms with van der Waals surface area (Å²) in [5.74, 6) is -2.85. The predicted octanol–water partition coefficient (Wildman–Crippen LogP) is -1.64. The highest BCUT2D eigenvalue weighted by Gasteiger charge is 2.94. The van der Waals surface area contributed by atoms with Gasteiger partial charge in [0.2, 0.25) is 0 Å². The van der Waals surface area contributed by atoms with Gasteiger partial charge in [0.25, 0.3) is 0 Å². The Kier molecular flexibility index (Phi) is 5.44. The van der Waals surface area contributed by atoms with E-state index in [0.29, 0.717) is 0 Å². The van der Waals surface area contributed by atoms with Gasteiger partial charge in [-0.15, -0.1) is 0 Å². The van der Waals surface area contributed by atoms with Gasteiger partial charge in [0, 0.05) is 12.3 Å². The third kappa shape index (κ3) is 3.03. The van der Waals surface area contributed by atoms with Gasteiger partial charge in [-0.1, -0.05) is 0 Å². The van der Waals surface area contributed by atoms with Gasteiger partial charge >= 0.3 is 5.97 Å². The topological polar surface area (TPSA) is 194 Å². The number of carbonyl (C=O) groups is 1. The minimum Gasteiger partial charge on any atom is -0.504 e. The molecule has 37 heavy (non-hydrogen) atoms. The maximum atomic E-state index is 12.9. The number of carbonyl (C=O) groups excluding carboxylic acids is 1. The number of esters is 1. The Hall–Kier alpha value is -2.07. The lowest BCUT2D eigenvalue weighted by atomic mass is 9.41. The van der Waals surface area contributed by atoms with E-state index in [1.807, 2.05) is 0 Å². The molecule has 1 aromatic rings. The van der Waals surface area contributed by atoms with Crippen LogP contribution in [-0.2, 0) is 23.7 Å². The fourth-order valence-electron chi connectivity index (χ4n) is 7.10. The summed E-state index contributed by atoms with van der Waals surface area (Å²) in [5, 5.41) is 61.7.